The number of anilines is 1. The maximum atomic E-state index is 14.5. The van der Waals surface area contributed by atoms with Gasteiger partial charge in [-0.3, -0.25) is 9.10 Å². The first-order valence-corrected chi connectivity index (χ1v) is 12.9. The molecule has 1 N–H and O–H groups in total. The zero-order chi connectivity index (χ0) is 27.3. The van der Waals surface area contributed by atoms with Crippen LogP contribution in [0, 0.1) is 22.5 Å². The molecule has 6 nitrogen and oxygen atoms in total. The highest BCUT2D eigenvalue weighted by atomic mass is 32.2. The molecular weight excluding hydrogens is 533 g/mol. The van der Waals surface area contributed by atoms with Crippen LogP contribution in [0.4, 0.5) is 27.6 Å². The molecule has 2 saturated carbocycles. The average Bonchev–Trinajstić information content (AvgIpc) is 3.72. The van der Waals surface area contributed by atoms with Crippen molar-refractivity contribution in [3.8, 4) is 16.9 Å². The molecule has 0 bridgehead atoms. The molecule has 3 aromatic rings. The van der Waals surface area contributed by atoms with Crippen molar-refractivity contribution in [3.05, 3.63) is 77.9 Å². The van der Waals surface area contributed by atoms with Gasteiger partial charge in [0.15, 0.2) is 0 Å². The van der Waals surface area contributed by atoms with E-state index in [4.69, 9.17) is 4.74 Å². The van der Waals surface area contributed by atoms with Gasteiger partial charge >= 0.3 is 12.1 Å². The van der Waals surface area contributed by atoms with Crippen LogP contribution in [0.15, 0.2) is 65.6 Å². The Morgan fingerprint density at radius 1 is 1.03 bits per heavy atom. The van der Waals surface area contributed by atoms with Gasteiger partial charge in [-0.15, -0.1) is 0 Å². The fraction of sp³-hybridized carbons (Fsp3) is 0.269. The van der Waals surface area contributed by atoms with E-state index in [1.807, 2.05) is 0 Å². The van der Waals surface area contributed by atoms with Gasteiger partial charge in [0, 0.05) is 11.0 Å². The third-order valence-electron chi connectivity index (χ3n) is 7.78. The number of carboxylic acids is 1. The van der Waals surface area contributed by atoms with E-state index in [-0.39, 0.29) is 29.1 Å². The lowest BCUT2D eigenvalue weighted by Crippen LogP contribution is -2.46. The lowest BCUT2D eigenvalue weighted by atomic mass is 10.0. The number of halogens is 5. The zero-order valence-electron chi connectivity index (χ0n) is 19.3. The van der Waals surface area contributed by atoms with Gasteiger partial charge < -0.3 is 9.84 Å². The molecule has 0 spiro atoms. The molecule has 0 saturated heterocycles. The van der Waals surface area contributed by atoms with Crippen LogP contribution < -0.4 is 9.04 Å². The highest BCUT2D eigenvalue weighted by Crippen LogP contribution is 2.88. The molecule has 6 rings (SSSR count). The second-order valence-corrected chi connectivity index (χ2v) is 11.7. The molecule has 0 unspecified atom stereocenters. The first-order valence-electron chi connectivity index (χ1n) is 11.5. The van der Waals surface area contributed by atoms with Crippen LogP contribution in [0.5, 0.6) is 5.75 Å². The summed E-state index contributed by atoms with van der Waals surface area (Å²) in [6.45, 7) is -0.365. The number of rotatable bonds is 5. The summed E-state index contributed by atoms with van der Waals surface area (Å²) in [7, 11) is -4.62. The quantitative estimate of drug-likeness (QED) is 0.425. The second-order valence-electron chi connectivity index (χ2n) is 9.87. The van der Waals surface area contributed by atoms with Crippen molar-refractivity contribution in [2.75, 3.05) is 10.8 Å². The van der Waals surface area contributed by atoms with Crippen molar-refractivity contribution in [3.63, 3.8) is 0 Å². The van der Waals surface area contributed by atoms with Crippen molar-refractivity contribution < 1.29 is 45.0 Å². The van der Waals surface area contributed by atoms with Gasteiger partial charge in [-0.1, -0.05) is 12.1 Å². The van der Waals surface area contributed by atoms with Crippen LogP contribution in [-0.2, 0) is 21.0 Å². The van der Waals surface area contributed by atoms with E-state index in [0.29, 0.717) is 18.9 Å². The van der Waals surface area contributed by atoms with Gasteiger partial charge in [-0.05, 0) is 66.9 Å². The number of benzene rings is 3. The minimum Gasteiger partial charge on any atom is -0.486 e. The fourth-order valence-corrected chi connectivity index (χ4v) is 6.96. The summed E-state index contributed by atoms with van der Waals surface area (Å²) in [4.78, 5) is 11.1. The van der Waals surface area contributed by atoms with Crippen LogP contribution in [-0.4, -0.2) is 32.1 Å². The van der Waals surface area contributed by atoms with Crippen LogP contribution in [0.25, 0.3) is 11.1 Å². The number of nitrogens with zero attached hydrogens (tertiary/aromatic N) is 1. The van der Waals surface area contributed by atoms with E-state index in [1.165, 1.54) is 18.2 Å². The summed E-state index contributed by atoms with van der Waals surface area (Å²) in [6.07, 6.45) is -5.08. The zero-order valence-corrected chi connectivity index (χ0v) is 20.1. The summed E-state index contributed by atoms with van der Waals surface area (Å²) in [5.74, 6) is -2.48. The van der Waals surface area contributed by atoms with Crippen molar-refractivity contribution in [1.29, 1.82) is 0 Å². The molecule has 0 amide bonds. The van der Waals surface area contributed by atoms with Gasteiger partial charge in [0.1, 0.15) is 23.5 Å². The first-order chi connectivity index (χ1) is 17.8. The van der Waals surface area contributed by atoms with Crippen LogP contribution in [0.3, 0.4) is 0 Å². The number of alkyl halides is 3. The molecule has 38 heavy (non-hydrogen) atoms. The highest BCUT2D eigenvalue weighted by molar-refractivity contribution is 7.92. The van der Waals surface area contributed by atoms with Crippen molar-refractivity contribution in [2.45, 2.75) is 30.0 Å². The molecule has 198 valence electrons. The number of fused-ring (bicyclic) bond motifs is 2. The molecule has 2 aliphatic carbocycles. The summed E-state index contributed by atoms with van der Waals surface area (Å²) < 4.78 is 103. The predicted molar refractivity (Wildman–Crippen MR) is 124 cm³/mol. The van der Waals surface area contributed by atoms with E-state index in [1.54, 1.807) is 0 Å². The van der Waals surface area contributed by atoms with Crippen molar-refractivity contribution >= 4 is 21.7 Å². The van der Waals surface area contributed by atoms with Gasteiger partial charge in [-0.25, -0.2) is 17.2 Å². The van der Waals surface area contributed by atoms with Gasteiger partial charge in [0.25, 0.3) is 10.0 Å². The monoisotopic (exact) mass is 551 g/mol. The number of hydrogen-bond acceptors (Lipinski definition) is 4. The van der Waals surface area contributed by atoms with Crippen molar-refractivity contribution in [1.82, 2.24) is 0 Å². The summed E-state index contributed by atoms with van der Waals surface area (Å²) in [5, 5.41) is 9.61. The molecule has 3 aromatic carbocycles. The lowest BCUT2D eigenvalue weighted by Gasteiger charge is -2.37. The number of sulfonamides is 1. The largest absolute Gasteiger partial charge is 0.486 e. The molecule has 3 aliphatic rings. The summed E-state index contributed by atoms with van der Waals surface area (Å²) in [6, 6.07) is 10.1. The number of carbonyl (C=O) groups is 1. The Kier molecular flexibility index (Phi) is 4.99. The summed E-state index contributed by atoms with van der Waals surface area (Å²) in [5.41, 5.74) is -3.08. The molecule has 1 aliphatic heterocycles. The Labute approximate surface area is 213 Å². The molecular formula is C26H18F5NO5S. The SMILES string of the molecule is O=C(O)C12CC1([C@H]1CN(S(=O)(=O)c3cccc(C(F)(F)F)c3)c3cc(-c4cc(F)ccc4F)ccc3O1)C2. The Morgan fingerprint density at radius 2 is 1.76 bits per heavy atom. The minimum atomic E-state index is -4.79. The molecule has 0 radical (unpaired) electrons. The van der Waals surface area contributed by atoms with Gasteiger partial charge in [-0.2, -0.15) is 13.2 Å². The number of hydrogen-bond donors (Lipinski definition) is 1. The smallest absolute Gasteiger partial charge is 0.416 e. The standard InChI is InChI=1S/C26H18F5NO5S/c27-16-5-6-19(28)18(10-16)14-4-7-21-20(8-14)32(11-22(37-21)24-12-25(24,13-24)23(33)34)38(35,36)17-3-1-2-15(9-17)26(29,30)31/h1-10,22H,11-13H2,(H,33,34)/t22-,24?,25?/m1/s1. The van der Waals surface area contributed by atoms with E-state index in [0.717, 1.165) is 40.7 Å². The van der Waals surface area contributed by atoms with Gasteiger partial charge in [0.2, 0.25) is 0 Å². The molecule has 2 fully saturated rings. The molecule has 1 atom stereocenters. The van der Waals surface area contributed by atoms with Gasteiger partial charge in [0.05, 0.1) is 28.1 Å². The Bertz CT molecular complexity index is 1610. The number of aliphatic carboxylic acids is 1. The third kappa shape index (κ3) is 3.49. The number of carboxylic acid groups (broad SMARTS) is 1. The fourth-order valence-electron chi connectivity index (χ4n) is 5.45. The predicted octanol–water partition coefficient (Wildman–Crippen LogP) is 5.47. The Morgan fingerprint density at radius 3 is 2.42 bits per heavy atom. The van der Waals surface area contributed by atoms with Crippen LogP contribution in [0.2, 0.25) is 0 Å². The van der Waals surface area contributed by atoms with Crippen molar-refractivity contribution in [2.24, 2.45) is 10.8 Å². The third-order valence-corrected chi connectivity index (χ3v) is 9.56. The van der Waals surface area contributed by atoms with E-state index < -0.39 is 61.2 Å². The maximum absolute atomic E-state index is 14.5. The molecule has 1 heterocycles. The maximum Gasteiger partial charge on any atom is 0.416 e. The Hall–Kier alpha value is -3.67. The molecule has 12 heteroatoms. The average molecular weight is 551 g/mol. The Balaban J connectivity index is 1.47. The minimum absolute atomic E-state index is 0.0322. The molecule has 0 aromatic heterocycles. The van der Waals surface area contributed by atoms with Crippen LogP contribution >= 0.6 is 0 Å². The van der Waals surface area contributed by atoms with E-state index in [9.17, 15) is 40.3 Å². The number of ether oxygens (including phenoxy) is 1. The van der Waals surface area contributed by atoms with Crippen LogP contribution in [0.1, 0.15) is 18.4 Å². The normalized spacial score (nSPS) is 25.7. The highest BCUT2D eigenvalue weighted by Gasteiger charge is 2.91. The lowest BCUT2D eigenvalue weighted by molar-refractivity contribution is -0.141. The van der Waals surface area contributed by atoms with E-state index >= 15 is 0 Å². The first kappa shape index (κ1) is 24.7. The second kappa shape index (κ2) is 7.68. The topological polar surface area (TPSA) is 83.9 Å². The summed E-state index contributed by atoms with van der Waals surface area (Å²) >= 11 is 0. The van der Waals surface area contributed by atoms with E-state index in [2.05, 4.69) is 0 Å².